The molecular formula is C45H72O18. The number of aliphatic hydroxyl groups excluding tert-OH is 9. The summed E-state index contributed by atoms with van der Waals surface area (Å²) in [5, 5.41) is 110. The summed E-state index contributed by atoms with van der Waals surface area (Å²) in [7, 11) is 0. The zero-order chi connectivity index (χ0) is 45.3. The van der Waals surface area contributed by atoms with Crippen LogP contribution in [0.4, 0.5) is 0 Å². The summed E-state index contributed by atoms with van der Waals surface area (Å²) in [6.07, 6.45) is -15.6. The van der Waals surface area contributed by atoms with Crippen LogP contribution in [-0.2, 0) is 37.9 Å². The highest BCUT2D eigenvalue weighted by atomic mass is 16.8. The molecule has 0 aromatic heterocycles. The van der Waals surface area contributed by atoms with Gasteiger partial charge in [0, 0.05) is 23.7 Å². The van der Waals surface area contributed by atoms with Crippen LogP contribution in [0.1, 0.15) is 92.9 Å². The van der Waals surface area contributed by atoms with Crippen LogP contribution in [-0.4, -0.2) is 186 Å². The molecule has 5 aliphatic heterocycles. The maximum atomic E-state index is 12.8. The molecule has 360 valence electrons. The van der Waals surface area contributed by atoms with E-state index in [0.717, 1.165) is 32.1 Å². The summed E-state index contributed by atoms with van der Waals surface area (Å²) < 4.78 is 50.0. The Kier molecular flexibility index (Phi) is 12.6. The summed E-state index contributed by atoms with van der Waals surface area (Å²) in [6.45, 7) is 11.3. The number of hydrogen-bond donors (Lipinski definition) is 10. The standard InChI is InChI=1S/C45H72O18/c1-18-17-56-44(15-27(18)47)21(4)45(55)29(63-44)14-26-24-8-7-22-13-23(9-11-42(22,5)25(24)10-12-43(26,45)6)59-41-38(62-40-36(54)34(52)31(49)20(3)58-40)37(32(50)28(16-46)60-41)61-39-35(53)33(51)30(48)19(2)57-39/h7,18-21,23-41,46-55H,8-17H2,1-6H3/t18-,19-,20-,21+,23-,24+,25-,26-,27+,28+,29-,30-,31-,32+,33+,34+,35+,36+,37-,38+,39-,40-,41+,42-,43-,44+,45+/m0/s1. The topological polar surface area (TPSA) is 276 Å². The fourth-order valence-corrected chi connectivity index (χ4v) is 13.9. The minimum absolute atomic E-state index is 0.00121. The van der Waals surface area contributed by atoms with Crippen LogP contribution in [0, 0.1) is 40.4 Å². The molecule has 0 radical (unpaired) electrons. The van der Waals surface area contributed by atoms with Gasteiger partial charge in [-0.3, -0.25) is 0 Å². The van der Waals surface area contributed by atoms with Crippen molar-refractivity contribution in [3.63, 3.8) is 0 Å². The summed E-state index contributed by atoms with van der Waals surface area (Å²) in [5.41, 5.74) is -0.418. The summed E-state index contributed by atoms with van der Waals surface area (Å²) in [6, 6.07) is 0. The third kappa shape index (κ3) is 7.27. The molecular weight excluding hydrogens is 828 g/mol. The van der Waals surface area contributed by atoms with Crippen molar-refractivity contribution < 1.29 is 89.0 Å². The first kappa shape index (κ1) is 47.1. The molecule has 0 aromatic rings. The minimum Gasteiger partial charge on any atom is -0.394 e. The van der Waals surface area contributed by atoms with E-state index in [-0.39, 0.29) is 23.2 Å². The Hall–Kier alpha value is -0.980. The highest BCUT2D eigenvalue weighted by Gasteiger charge is 2.76. The van der Waals surface area contributed by atoms with Crippen molar-refractivity contribution in [1.29, 1.82) is 0 Å². The predicted molar refractivity (Wildman–Crippen MR) is 216 cm³/mol. The van der Waals surface area contributed by atoms with Gasteiger partial charge < -0.3 is 89.0 Å². The Morgan fingerprint density at radius 1 is 0.714 bits per heavy atom. The van der Waals surface area contributed by atoms with E-state index in [9.17, 15) is 51.1 Å². The molecule has 9 rings (SSSR count). The van der Waals surface area contributed by atoms with Gasteiger partial charge in [0.15, 0.2) is 24.7 Å². The zero-order valence-corrected chi connectivity index (χ0v) is 37.2. The van der Waals surface area contributed by atoms with E-state index in [0.29, 0.717) is 37.7 Å². The van der Waals surface area contributed by atoms with E-state index in [1.807, 2.05) is 13.8 Å². The van der Waals surface area contributed by atoms with Crippen molar-refractivity contribution >= 4 is 0 Å². The van der Waals surface area contributed by atoms with Crippen molar-refractivity contribution in [1.82, 2.24) is 0 Å². The zero-order valence-electron chi connectivity index (χ0n) is 37.2. The predicted octanol–water partition coefficient (Wildman–Crippen LogP) is -0.673. The molecule has 27 atom stereocenters. The SMILES string of the molecule is C[C@@H]1O[C@@H](O[C@H]2[C@H](O[C@H]3CC[C@@]4(C)C(=CC[C@@H]5[C@@H]4CC[C@@]4(C)[C@H]5C[C@@H]5O[C@]6(C[C@@H](O)[C@@H](C)CO6)[C@@H](C)[C@@]54O)C3)O[C@H](CO)[C@@H](O)[C@@H]2O[C@@H]2O[C@@H](C)[C@H](O)[C@@H](O)[C@H]2O)[C@H](O)[C@H](O)[C@H]1O. The van der Waals surface area contributed by atoms with E-state index in [4.69, 9.17) is 37.9 Å². The van der Waals surface area contributed by atoms with Gasteiger partial charge in [-0.2, -0.15) is 0 Å². The molecule has 18 nitrogen and oxygen atoms in total. The first-order valence-corrected chi connectivity index (χ1v) is 23.4. The molecule has 9 aliphatic rings. The first-order chi connectivity index (χ1) is 29.7. The minimum atomic E-state index is -1.76. The quantitative estimate of drug-likeness (QED) is 0.142. The fraction of sp³-hybridized carbons (Fsp3) is 0.956. The maximum absolute atomic E-state index is 12.8. The van der Waals surface area contributed by atoms with E-state index < -0.39 is 134 Å². The van der Waals surface area contributed by atoms with Crippen LogP contribution in [0.5, 0.6) is 0 Å². The number of aliphatic hydroxyl groups is 10. The second-order valence-electron chi connectivity index (χ2n) is 21.3. The van der Waals surface area contributed by atoms with Gasteiger partial charge in [0.2, 0.25) is 0 Å². The van der Waals surface area contributed by atoms with Crippen molar-refractivity contribution in [2.75, 3.05) is 13.2 Å². The Bertz CT molecular complexity index is 1690. The van der Waals surface area contributed by atoms with Crippen molar-refractivity contribution in [2.24, 2.45) is 40.4 Å². The Morgan fingerprint density at radius 3 is 1.97 bits per heavy atom. The molecule has 8 fully saturated rings. The molecule has 4 aliphatic carbocycles. The lowest BCUT2D eigenvalue weighted by molar-refractivity contribution is -0.393. The molecule has 1 spiro atoms. The maximum Gasteiger partial charge on any atom is 0.187 e. The van der Waals surface area contributed by atoms with Gasteiger partial charge in [0.25, 0.3) is 0 Å². The second-order valence-corrected chi connectivity index (χ2v) is 21.3. The second kappa shape index (κ2) is 16.9. The summed E-state index contributed by atoms with van der Waals surface area (Å²) in [5.74, 6) is -0.445. The van der Waals surface area contributed by atoms with Crippen molar-refractivity contribution in [3.05, 3.63) is 11.6 Å². The molecule has 10 N–H and O–H groups in total. The van der Waals surface area contributed by atoms with Crippen LogP contribution in [0.2, 0.25) is 0 Å². The molecule has 5 saturated heterocycles. The van der Waals surface area contributed by atoms with Crippen LogP contribution in [0.25, 0.3) is 0 Å². The Labute approximate surface area is 368 Å². The monoisotopic (exact) mass is 900 g/mol. The molecule has 0 aromatic carbocycles. The van der Waals surface area contributed by atoms with Gasteiger partial charge in [0.05, 0.1) is 43.7 Å². The van der Waals surface area contributed by atoms with Gasteiger partial charge in [-0.15, -0.1) is 0 Å². The Balaban J connectivity index is 0.945. The molecule has 18 heteroatoms. The molecule has 0 amide bonds. The average molecular weight is 901 g/mol. The summed E-state index contributed by atoms with van der Waals surface area (Å²) in [4.78, 5) is 0. The van der Waals surface area contributed by atoms with Gasteiger partial charge in [-0.1, -0.05) is 39.3 Å². The highest BCUT2D eigenvalue weighted by Crippen LogP contribution is 2.72. The van der Waals surface area contributed by atoms with Crippen LogP contribution in [0.3, 0.4) is 0 Å². The Morgan fingerprint density at radius 2 is 1.35 bits per heavy atom. The van der Waals surface area contributed by atoms with Crippen LogP contribution >= 0.6 is 0 Å². The largest absolute Gasteiger partial charge is 0.394 e. The smallest absolute Gasteiger partial charge is 0.187 e. The number of fused-ring (bicyclic) bond motifs is 7. The van der Waals surface area contributed by atoms with Gasteiger partial charge in [0.1, 0.15) is 66.6 Å². The fourth-order valence-electron chi connectivity index (χ4n) is 13.9. The molecule has 0 bridgehead atoms. The number of allylic oxidation sites excluding steroid dienone is 1. The van der Waals surface area contributed by atoms with E-state index in [1.165, 1.54) is 19.4 Å². The normalized spacial score (nSPS) is 59.3. The third-order valence-electron chi connectivity index (χ3n) is 18.0. The number of ether oxygens (including phenoxy) is 8. The average Bonchev–Trinajstić information content (AvgIpc) is 3.61. The van der Waals surface area contributed by atoms with Gasteiger partial charge in [-0.25, -0.2) is 0 Å². The molecule has 63 heavy (non-hydrogen) atoms. The highest BCUT2D eigenvalue weighted by molar-refractivity contribution is 5.29. The van der Waals surface area contributed by atoms with E-state index in [1.54, 1.807) is 0 Å². The lowest BCUT2D eigenvalue weighted by atomic mass is 9.46. The molecule has 0 unspecified atom stereocenters. The number of hydrogen-bond acceptors (Lipinski definition) is 18. The first-order valence-electron chi connectivity index (χ1n) is 23.4. The van der Waals surface area contributed by atoms with Gasteiger partial charge in [-0.05, 0) is 82.0 Å². The van der Waals surface area contributed by atoms with Crippen molar-refractivity contribution in [2.45, 2.75) is 215 Å². The van der Waals surface area contributed by atoms with Gasteiger partial charge >= 0.3 is 0 Å². The van der Waals surface area contributed by atoms with E-state index >= 15 is 0 Å². The van der Waals surface area contributed by atoms with Crippen LogP contribution < -0.4 is 0 Å². The molecule has 3 saturated carbocycles. The third-order valence-corrected chi connectivity index (χ3v) is 18.0. The van der Waals surface area contributed by atoms with E-state index in [2.05, 4.69) is 19.9 Å². The molecule has 5 heterocycles. The summed E-state index contributed by atoms with van der Waals surface area (Å²) >= 11 is 0. The lowest BCUT2D eigenvalue weighted by Gasteiger charge is -2.60. The number of rotatable bonds is 7. The van der Waals surface area contributed by atoms with Crippen LogP contribution in [0.15, 0.2) is 11.6 Å². The lowest BCUT2D eigenvalue weighted by Crippen LogP contribution is -2.67. The van der Waals surface area contributed by atoms with Crippen molar-refractivity contribution in [3.8, 4) is 0 Å².